The average molecular weight is 450 g/mol. The van der Waals surface area contributed by atoms with E-state index in [9.17, 15) is 19.2 Å². The molecule has 2 amide bonds. The van der Waals surface area contributed by atoms with Gasteiger partial charge in [0.15, 0.2) is 6.61 Å². The van der Waals surface area contributed by atoms with Crippen LogP contribution >= 0.6 is 11.6 Å². The summed E-state index contributed by atoms with van der Waals surface area (Å²) < 4.78 is 18.5. The van der Waals surface area contributed by atoms with Gasteiger partial charge in [-0.25, -0.2) is 4.39 Å². The SMILES string of the molecule is N#CC(=Cc1ccccc1OCC(=O)Nc1ccc(F)cc1)C(=O)Nc1cccc(Cl)c1. The number of hydrogen-bond acceptors (Lipinski definition) is 4. The van der Waals surface area contributed by atoms with Crippen LogP contribution in [0.15, 0.2) is 78.4 Å². The van der Waals surface area contributed by atoms with Crippen molar-refractivity contribution in [3.05, 3.63) is 94.8 Å². The number of anilines is 2. The number of nitrogens with zero attached hydrogens (tertiary/aromatic N) is 1. The lowest BCUT2D eigenvalue weighted by Crippen LogP contribution is -2.20. The summed E-state index contributed by atoms with van der Waals surface area (Å²) in [6.45, 7) is -0.321. The van der Waals surface area contributed by atoms with Crippen molar-refractivity contribution in [3.8, 4) is 11.8 Å². The van der Waals surface area contributed by atoms with Crippen LogP contribution in [0.25, 0.3) is 6.08 Å². The van der Waals surface area contributed by atoms with Crippen LogP contribution in [0.2, 0.25) is 5.02 Å². The summed E-state index contributed by atoms with van der Waals surface area (Å²) >= 11 is 5.91. The van der Waals surface area contributed by atoms with Crippen molar-refractivity contribution in [2.45, 2.75) is 0 Å². The second-order valence-corrected chi connectivity index (χ2v) is 6.95. The van der Waals surface area contributed by atoms with Crippen molar-refractivity contribution in [2.24, 2.45) is 0 Å². The summed E-state index contributed by atoms with van der Waals surface area (Å²) in [6.07, 6.45) is 1.37. The molecule has 0 saturated carbocycles. The normalized spacial score (nSPS) is 10.7. The molecule has 32 heavy (non-hydrogen) atoms. The summed E-state index contributed by atoms with van der Waals surface area (Å²) in [5, 5.41) is 15.1. The van der Waals surface area contributed by atoms with Gasteiger partial charge in [-0.2, -0.15) is 5.26 Å². The van der Waals surface area contributed by atoms with Crippen LogP contribution in [-0.2, 0) is 9.59 Å². The Balaban J connectivity index is 1.69. The van der Waals surface area contributed by atoms with Crippen molar-refractivity contribution >= 4 is 40.9 Å². The maximum absolute atomic E-state index is 13.0. The lowest BCUT2D eigenvalue weighted by molar-refractivity contribution is -0.118. The van der Waals surface area contributed by atoms with Crippen molar-refractivity contribution < 1.29 is 18.7 Å². The van der Waals surface area contributed by atoms with Gasteiger partial charge in [-0.05, 0) is 54.6 Å². The van der Waals surface area contributed by atoms with Crippen LogP contribution in [0.5, 0.6) is 5.75 Å². The average Bonchev–Trinajstić information content (AvgIpc) is 2.78. The molecule has 0 unspecified atom stereocenters. The van der Waals surface area contributed by atoms with Gasteiger partial charge in [0.1, 0.15) is 23.2 Å². The van der Waals surface area contributed by atoms with E-state index in [0.29, 0.717) is 27.7 Å². The monoisotopic (exact) mass is 449 g/mol. The summed E-state index contributed by atoms with van der Waals surface area (Å²) in [7, 11) is 0. The Morgan fingerprint density at radius 1 is 1.00 bits per heavy atom. The Kier molecular flexibility index (Phi) is 7.57. The van der Waals surface area contributed by atoms with Gasteiger partial charge < -0.3 is 15.4 Å². The maximum Gasteiger partial charge on any atom is 0.266 e. The van der Waals surface area contributed by atoms with Crippen LogP contribution in [0.1, 0.15) is 5.56 Å². The first-order valence-electron chi connectivity index (χ1n) is 9.40. The summed E-state index contributed by atoms with van der Waals surface area (Å²) in [6, 6.07) is 20.4. The van der Waals surface area contributed by atoms with Crippen LogP contribution in [0.3, 0.4) is 0 Å². The van der Waals surface area contributed by atoms with Gasteiger partial charge in [0.2, 0.25) is 0 Å². The maximum atomic E-state index is 13.0. The Morgan fingerprint density at radius 3 is 2.47 bits per heavy atom. The molecule has 0 aliphatic rings. The molecule has 0 aliphatic carbocycles. The number of carbonyl (C=O) groups is 2. The Morgan fingerprint density at radius 2 is 1.75 bits per heavy atom. The molecule has 3 aromatic carbocycles. The minimum atomic E-state index is -0.612. The van der Waals surface area contributed by atoms with Gasteiger partial charge in [0.05, 0.1) is 0 Å². The Hall–Kier alpha value is -4.15. The number of nitrogens with one attached hydrogen (secondary N) is 2. The van der Waals surface area contributed by atoms with E-state index in [1.807, 2.05) is 6.07 Å². The van der Waals surface area contributed by atoms with Crippen molar-refractivity contribution in [3.63, 3.8) is 0 Å². The fourth-order valence-electron chi connectivity index (χ4n) is 2.67. The first kappa shape index (κ1) is 22.5. The standard InChI is InChI=1S/C24H17ClFN3O3/c25-18-5-3-6-21(13-18)29-24(31)17(14-27)12-16-4-1-2-7-22(16)32-15-23(30)28-20-10-8-19(26)9-11-20/h1-13H,15H2,(H,28,30)(H,29,31). The van der Waals surface area contributed by atoms with E-state index in [1.54, 1.807) is 48.5 Å². The number of ether oxygens (including phenoxy) is 1. The second-order valence-electron chi connectivity index (χ2n) is 6.52. The minimum absolute atomic E-state index is 0.156. The van der Waals surface area contributed by atoms with Gasteiger partial charge in [0.25, 0.3) is 11.8 Å². The number of halogens is 2. The predicted molar refractivity (Wildman–Crippen MR) is 121 cm³/mol. The molecule has 6 nitrogen and oxygen atoms in total. The smallest absolute Gasteiger partial charge is 0.266 e. The van der Waals surface area contributed by atoms with Gasteiger partial charge in [-0.1, -0.05) is 35.9 Å². The number of para-hydroxylation sites is 1. The van der Waals surface area contributed by atoms with E-state index >= 15 is 0 Å². The minimum Gasteiger partial charge on any atom is -0.483 e. The molecule has 8 heteroatoms. The Bertz CT molecular complexity index is 1200. The molecule has 0 saturated heterocycles. The molecule has 160 valence electrons. The molecule has 0 heterocycles. The number of nitriles is 1. The summed E-state index contributed by atoms with van der Waals surface area (Å²) in [4.78, 5) is 24.6. The molecule has 0 bridgehead atoms. The topological polar surface area (TPSA) is 91.2 Å². The van der Waals surface area contributed by atoms with E-state index in [-0.39, 0.29) is 12.2 Å². The zero-order valence-electron chi connectivity index (χ0n) is 16.6. The number of carbonyl (C=O) groups excluding carboxylic acids is 2. The van der Waals surface area contributed by atoms with Crippen LogP contribution in [0, 0.1) is 17.1 Å². The molecule has 2 N–H and O–H groups in total. The molecule has 0 atom stereocenters. The zero-order chi connectivity index (χ0) is 22.9. The lowest BCUT2D eigenvalue weighted by atomic mass is 10.1. The third kappa shape index (κ3) is 6.42. The molecule has 0 fully saturated rings. The predicted octanol–water partition coefficient (Wildman–Crippen LogP) is 5.04. The highest BCUT2D eigenvalue weighted by Crippen LogP contribution is 2.22. The fourth-order valence-corrected chi connectivity index (χ4v) is 2.86. The molecule has 0 spiro atoms. The molecule has 3 rings (SSSR count). The largest absolute Gasteiger partial charge is 0.483 e. The van der Waals surface area contributed by atoms with E-state index in [1.165, 1.54) is 30.3 Å². The quantitative estimate of drug-likeness (QED) is 0.390. The highest BCUT2D eigenvalue weighted by atomic mass is 35.5. The second kappa shape index (κ2) is 10.8. The van der Waals surface area contributed by atoms with Crippen LogP contribution in [-0.4, -0.2) is 18.4 Å². The fraction of sp³-hybridized carbons (Fsp3) is 0.0417. The van der Waals surface area contributed by atoms with Gasteiger partial charge in [-0.3, -0.25) is 9.59 Å². The van der Waals surface area contributed by atoms with E-state index < -0.39 is 17.6 Å². The molecular weight excluding hydrogens is 433 g/mol. The van der Waals surface area contributed by atoms with E-state index in [2.05, 4.69) is 10.6 Å². The number of amides is 2. The van der Waals surface area contributed by atoms with Gasteiger partial charge in [0, 0.05) is 22.0 Å². The summed E-state index contributed by atoms with van der Waals surface area (Å²) in [5.74, 6) is -1.16. The van der Waals surface area contributed by atoms with Gasteiger partial charge >= 0.3 is 0 Å². The third-order valence-corrected chi connectivity index (χ3v) is 4.39. The van der Waals surface area contributed by atoms with Crippen molar-refractivity contribution in [1.82, 2.24) is 0 Å². The van der Waals surface area contributed by atoms with E-state index in [4.69, 9.17) is 16.3 Å². The third-order valence-electron chi connectivity index (χ3n) is 4.15. The zero-order valence-corrected chi connectivity index (χ0v) is 17.4. The highest BCUT2D eigenvalue weighted by molar-refractivity contribution is 6.31. The summed E-state index contributed by atoms with van der Waals surface area (Å²) in [5.41, 5.74) is 1.17. The first-order valence-corrected chi connectivity index (χ1v) is 9.78. The Labute approximate surface area is 188 Å². The number of rotatable bonds is 7. The number of hydrogen-bond donors (Lipinski definition) is 2. The highest BCUT2D eigenvalue weighted by Gasteiger charge is 2.12. The lowest BCUT2D eigenvalue weighted by Gasteiger charge is -2.10. The van der Waals surface area contributed by atoms with E-state index in [0.717, 1.165) is 0 Å². The molecule has 0 aromatic heterocycles. The first-order chi connectivity index (χ1) is 15.4. The van der Waals surface area contributed by atoms with Crippen molar-refractivity contribution in [1.29, 1.82) is 5.26 Å². The molecule has 0 radical (unpaired) electrons. The van der Waals surface area contributed by atoms with Crippen LogP contribution < -0.4 is 15.4 Å². The molecule has 0 aliphatic heterocycles. The van der Waals surface area contributed by atoms with Gasteiger partial charge in [-0.15, -0.1) is 0 Å². The van der Waals surface area contributed by atoms with Crippen LogP contribution in [0.4, 0.5) is 15.8 Å². The molecule has 3 aromatic rings. The molecular formula is C24H17ClFN3O3. The van der Waals surface area contributed by atoms with Crippen molar-refractivity contribution in [2.75, 3.05) is 17.2 Å². The number of benzene rings is 3.